The van der Waals surface area contributed by atoms with Crippen LogP contribution in [0.4, 0.5) is 0 Å². The summed E-state index contributed by atoms with van der Waals surface area (Å²) in [5.74, 6) is 0.715. The fraction of sp³-hybridized carbons (Fsp3) is 0.235. The zero-order valence-electron chi connectivity index (χ0n) is 11.7. The summed E-state index contributed by atoms with van der Waals surface area (Å²) in [6.45, 7) is 4.31. The second-order valence-electron chi connectivity index (χ2n) is 4.81. The Balaban J connectivity index is 2.06. The van der Waals surface area contributed by atoms with Crippen LogP contribution >= 0.6 is 0 Å². The maximum absolute atomic E-state index is 11.9. The smallest absolute Gasteiger partial charge is 0.343 e. The van der Waals surface area contributed by atoms with E-state index in [4.69, 9.17) is 4.74 Å². The Kier molecular flexibility index (Phi) is 4.41. The van der Waals surface area contributed by atoms with E-state index in [0.717, 1.165) is 6.42 Å². The van der Waals surface area contributed by atoms with E-state index >= 15 is 0 Å². The molecule has 0 bridgehead atoms. The predicted octanol–water partition coefficient (Wildman–Crippen LogP) is 4.12. The highest BCUT2D eigenvalue weighted by Gasteiger charge is 2.09. The summed E-state index contributed by atoms with van der Waals surface area (Å²) in [5, 5.41) is 9.18. The third-order valence-electron chi connectivity index (χ3n) is 3.38. The lowest BCUT2D eigenvalue weighted by Gasteiger charge is -2.10. The van der Waals surface area contributed by atoms with Gasteiger partial charge in [0.15, 0.2) is 0 Å². The van der Waals surface area contributed by atoms with Crippen molar-refractivity contribution in [3.8, 4) is 11.5 Å². The highest BCUT2D eigenvalue weighted by molar-refractivity contribution is 5.91. The summed E-state index contributed by atoms with van der Waals surface area (Å²) in [7, 11) is 0. The molecule has 1 N–H and O–H groups in total. The Bertz CT molecular complexity index is 570. The molecule has 0 aromatic heterocycles. The van der Waals surface area contributed by atoms with Gasteiger partial charge in [0.25, 0.3) is 0 Å². The monoisotopic (exact) mass is 270 g/mol. The molecule has 0 spiro atoms. The van der Waals surface area contributed by atoms with Crippen LogP contribution in [0.5, 0.6) is 11.5 Å². The van der Waals surface area contributed by atoms with Gasteiger partial charge in [0.1, 0.15) is 11.5 Å². The molecule has 0 fully saturated rings. The summed E-state index contributed by atoms with van der Waals surface area (Å²) in [6.07, 6.45) is 1.08. The molecule has 104 valence electrons. The van der Waals surface area contributed by atoms with Crippen molar-refractivity contribution in [3.05, 3.63) is 59.7 Å². The lowest BCUT2D eigenvalue weighted by Crippen LogP contribution is -2.08. The molecule has 0 aliphatic rings. The van der Waals surface area contributed by atoms with E-state index in [-0.39, 0.29) is 5.75 Å². The summed E-state index contributed by atoms with van der Waals surface area (Å²) >= 11 is 0. The van der Waals surface area contributed by atoms with Crippen molar-refractivity contribution in [2.75, 3.05) is 0 Å². The third kappa shape index (κ3) is 3.38. The number of hydrogen-bond acceptors (Lipinski definition) is 3. The number of phenolic OH excluding ortho intramolecular Hbond substituents is 1. The topological polar surface area (TPSA) is 46.5 Å². The number of ether oxygens (including phenoxy) is 1. The first-order valence-corrected chi connectivity index (χ1v) is 6.71. The molecule has 20 heavy (non-hydrogen) atoms. The number of phenols is 1. The van der Waals surface area contributed by atoms with Crippen molar-refractivity contribution in [3.63, 3.8) is 0 Å². The summed E-state index contributed by atoms with van der Waals surface area (Å²) in [4.78, 5) is 11.9. The Morgan fingerprint density at radius 1 is 1.10 bits per heavy atom. The number of esters is 1. The molecule has 0 aliphatic carbocycles. The largest absolute Gasteiger partial charge is 0.508 e. The van der Waals surface area contributed by atoms with Crippen LogP contribution in [0.1, 0.15) is 42.1 Å². The maximum Gasteiger partial charge on any atom is 0.343 e. The Morgan fingerprint density at radius 3 is 2.25 bits per heavy atom. The summed E-state index contributed by atoms with van der Waals surface area (Å²) < 4.78 is 5.29. The van der Waals surface area contributed by atoms with E-state index in [0.29, 0.717) is 17.2 Å². The summed E-state index contributed by atoms with van der Waals surface area (Å²) in [6, 6.07) is 13.6. The van der Waals surface area contributed by atoms with Crippen LogP contribution in [0.15, 0.2) is 48.5 Å². The van der Waals surface area contributed by atoms with Crippen molar-refractivity contribution in [1.82, 2.24) is 0 Å². The van der Waals surface area contributed by atoms with Crippen LogP contribution in [0.25, 0.3) is 0 Å². The fourth-order valence-electron chi connectivity index (χ4n) is 1.86. The van der Waals surface area contributed by atoms with Gasteiger partial charge in [-0.15, -0.1) is 0 Å². The maximum atomic E-state index is 11.9. The molecule has 2 rings (SSSR count). The molecule has 2 aromatic carbocycles. The molecule has 0 aliphatic heterocycles. The van der Waals surface area contributed by atoms with Crippen LogP contribution in [-0.4, -0.2) is 11.1 Å². The van der Waals surface area contributed by atoms with Gasteiger partial charge >= 0.3 is 5.97 Å². The van der Waals surface area contributed by atoms with Gasteiger partial charge in [-0.2, -0.15) is 0 Å². The minimum atomic E-state index is -0.429. The first kappa shape index (κ1) is 14.1. The van der Waals surface area contributed by atoms with Gasteiger partial charge in [0.05, 0.1) is 5.56 Å². The zero-order valence-corrected chi connectivity index (χ0v) is 11.7. The van der Waals surface area contributed by atoms with Gasteiger partial charge in [0, 0.05) is 0 Å². The van der Waals surface area contributed by atoms with Crippen LogP contribution in [-0.2, 0) is 0 Å². The van der Waals surface area contributed by atoms with E-state index in [2.05, 4.69) is 13.8 Å². The molecule has 3 heteroatoms. The van der Waals surface area contributed by atoms with Crippen LogP contribution in [0.2, 0.25) is 0 Å². The molecule has 0 saturated carbocycles. The number of aromatic hydroxyl groups is 1. The van der Waals surface area contributed by atoms with Gasteiger partial charge in [-0.25, -0.2) is 4.79 Å². The standard InChI is InChI=1S/C17H18O3/c1-3-12(2)13-6-10-16(11-7-13)20-17(19)14-4-8-15(18)9-5-14/h4-12,18H,3H2,1-2H3. The number of carbonyl (C=O) groups is 1. The number of benzene rings is 2. The molecule has 0 amide bonds. The van der Waals surface area contributed by atoms with Gasteiger partial charge in [0.2, 0.25) is 0 Å². The third-order valence-corrected chi connectivity index (χ3v) is 3.38. The molecular weight excluding hydrogens is 252 g/mol. The Labute approximate surface area is 118 Å². The second-order valence-corrected chi connectivity index (χ2v) is 4.81. The minimum absolute atomic E-state index is 0.124. The first-order chi connectivity index (χ1) is 9.60. The Morgan fingerprint density at radius 2 is 1.70 bits per heavy atom. The van der Waals surface area contributed by atoms with Crippen LogP contribution in [0, 0.1) is 0 Å². The summed E-state index contributed by atoms with van der Waals surface area (Å²) in [5.41, 5.74) is 1.64. The van der Waals surface area contributed by atoms with Gasteiger partial charge in [-0.1, -0.05) is 26.0 Å². The zero-order chi connectivity index (χ0) is 14.5. The molecule has 1 unspecified atom stereocenters. The van der Waals surface area contributed by atoms with Crippen molar-refractivity contribution in [1.29, 1.82) is 0 Å². The fourth-order valence-corrected chi connectivity index (χ4v) is 1.86. The van der Waals surface area contributed by atoms with Crippen molar-refractivity contribution in [2.45, 2.75) is 26.2 Å². The first-order valence-electron chi connectivity index (χ1n) is 6.71. The van der Waals surface area contributed by atoms with E-state index in [1.807, 2.05) is 12.1 Å². The average molecular weight is 270 g/mol. The molecular formula is C17H18O3. The molecule has 3 nitrogen and oxygen atoms in total. The molecule has 0 radical (unpaired) electrons. The number of carbonyl (C=O) groups excluding carboxylic acids is 1. The molecule has 0 saturated heterocycles. The van der Waals surface area contributed by atoms with Gasteiger partial charge in [-0.3, -0.25) is 0 Å². The SMILES string of the molecule is CCC(C)c1ccc(OC(=O)c2ccc(O)cc2)cc1. The molecule has 1 atom stereocenters. The van der Waals surface area contributed by atoms with Crippen molar-refractivity contribution < 1.29 is 14.6 Å². The van der Waals surface area contributed by atoms with Crippen molar-refractivity contribution in [2.24, 2.45) is 0 Å². The van der Waals surface area contributed by atoms with Crippen LogP contribution < -0.4 is 4.74 Å². The van der Waals surface area contributed by atoms with E-state index in [9.17, 15) is 9.90 Å². The average Bonchev–Trinajstić information content (AvgIpc) is 2.48. The highest BCUT2D eigenvalue weighted by atomic mass is 16.5. The van der Waals surface area contributed by atoms with E-state index < -0.39 is 5.97 Å². The lowest BCUT2D eigenvalue weighted by molar-refractivity contribution is 0.0734. The second kappa shape index (κ2) is 6.24. The number of rotatable bonds is 4. The Hall–Kier alpha value is -2.29. The molecule has 2 aromatic rings. The van der Waals surface area contributed by atoms with Gasteiger partial charge < -0.3 is 9.84 Å². The normalized spacial score (nSPS) is 11.9. The minimum Gasteiger partial charge on any atom is -0.508 e. The predicted molar refractivity (Wildman–Crippen MR) is 78.2 cm³/mol. The van der Waals surface area contributed by atoms with E-state index in [1.54, 1.807) is 12.1 Å². The van der Waals surface area contributed by atoms with Gasteiger partial charge in [-0.05, 0) is 54.3 Å². The highest BCUT2D eigenvalue weighted by Crippen LogP contribution is 2.22. The quantitative estimate of drug-likeness (QED) is 0.671. The van der Waals surface area contributed by atoms with Crippen LogP contribution in [0.3, 0.4) is 0 Å². The lowest BCUT2D eigenvalue weighted by atomic mass is 9.99. The van der Waals surface area contributed by atoms with Crippen molar-refractivity contribution >= 4 is 5.97 Å². The molecule has 0 heterocycles. The van der Waals surface area contributed by atoms with E-state index in [1.165, 1.54) is 29.8 Å². The number of hydrogen-bond donors (Lipinski definition) is 1.